The second kappa shape index (κ2) is 9.64. The molecule has 130 valence electrons. The van der Waals surface area contributed by atoms with Crippen molar-refractivity contribution < 1.29 is 9.72 Å². The topological polar surface area (TPSA) is 72.2 Å². The number of aryl methyl sites for hydroxylation is 1. The summed E-state index contributed by atoms with van der Waals surface area (Å²) in [6.45, 7) is 2.65. The molecule has 6 heteroatoms. The number of nitrogens with zero attached hydrogens (tertiary/aromatic N) is 1. The summed E-state index contributed by atoms with van der Waals surface area (Å²) in [5.74, 6) is 1.54. The van der Waals surface area contributed by atoms with E-state index >= 15 is 0 Å². The van der Waals surface area contributed by atoms with Gasteiger partial charge in [0, 0.05) is 36.3 Å². The average molecular weight is 356 g/mol. The fraction of sp³-hybridized carbons (Fsp3) is 0.211. The number of rotatable bonds is 8. The van der Waals surface area contributed by atoms with E-state index in [1.807, 2.05) is 6.07 Å². The minimum atomic E-state index is -0.455. The van der Waals surface area contributed by atoms with Gasteiger partial charge in [-0.3, -0.25) is 14.9 Å². The van der Waals surface area contributed by atoms with Crippen LogP contribution in [0.25, 0.3) is 6.08 Å². The lowest BCUT2D eigenvalue weighted by molar-refractivity contribution is -0.384. The first-order chi connectivity index (χ1) is 12.0. The molecule has 0 saturated carbocycles. The van der Waals surface area contributed by atoms with Gasteiger partial charge in [-0.1, -0.05) is 42.0 Å². The highest BCUT2D eigenvalue weighted by molar-refractivity contribution is 7.98. The fourth-order valence-corrected chi connectivity index (χ4v) is 3.02. The van der Waals surface area contributed by atoms with Gasteiger partial charge in [-0.05, 0) is 24.1 Å². The lowest BCUT2D eigenvalue weighted by atomic mass is 10.2. The Kier molecular flexibility index (Phi) is 7.22. The summed E-state index contributed by atoms with van der Waals surface area (Å²) in [6, 6.07) is 14.5. The van der Waals surface area contributed by atoms with Crippen LogP contribution < -0.4 is 5.32 Å². The fourth-order valence-electron chi connectivity index (χ4n) is 2.21. The predicted molar refractivity (Wildman–Crippen MR) is 102 cm³/mol. The third kappa shape index (κ3) is 6.81. The number of benzene rings is 2. The van der Waals surface area contributed by atoms with Crippen molar-refractivity contribution in [2.75, 3.05) is 12.3 Å². The minimum Gasteiger partial charge on any atom is -0.352 e. The van der Waals surface area contributed by atoms with E-state index in [1.165, 1.54) is 29.3 Å². The summed E-state index contributed by atoms with van der Waals surface area (Å²) < 4.78 is 0. The Labute approximate surface area is 151 Å². The highest BCUT2D eigenvalue weighted by Gasteiger charge is 2.04. The second-order valence-electron chi connectivity index (χ2n) is 5.52. The molecule has 0 radical (unpaired) electrons. The summed E-state index contributed by atoms with van der Waals surface area (Å²) in [7, 11) is 0. The molecular weight excluding hydrogens is 336 g/mol. The number of amides is 1. The molecule has 2 aromatic rings. The molecule has 1 amide bonds. The van der Waals surface area contributed by atoms with Gasteiger partial charge in [0.1, 0.15) is 0 Å². The van der Waals surface area contributed by atoms with Gasteiger partial charge >= 0.3 is 0 Å². The minimum absolute atomic E-state index is 0.00936. The van der Waals surface area contributed by atoms with Gasteiger partial charge in [0.2, 0.25) is 5.91 Å². The van der Waals surface area contributed by atoms with E-state index in [0.29, 0.717) is 12.1 Å². The molecule has 0 aliphatic heterocycles. The van der Waals surface area contributed by atoms with Gasteiger partial charge in [0.25, 0.3) is 5.69 Å². The van der Waals surface area contributed by atoms with E-state index in [-0.39, 0.29) is 11.6 Å². The van der Waals surface area contributed by atoms with Crippen LogP contribution in [0.5, 0.6) is 0 Å². The number of non-ortho nitro benzene ring substituents is 1. The van der Waals surface area contributed by atoms with Gasteiger partial charge < -0.3 is 5.32 Å². The number of hydrogen-bond donors (Lipinski definition) is 1. The molecule has 0 atom stereocenters. The third-order valence-corrected chi connectivity index (χ3v) is 4.44. The molecule has 0 saturated heterocycles. The van der Waals surface area contributed by atoms with Crippen molar-refractivity contribution in [3.8, 4) is 0 Å². The summed E-state index contributed by atoms with van der Waals surface area (Å²) >= 11 is 1.76. The van der Waals surface area contributed by atoms with E-state index in [9.17, 15) is 14.9 Å². The molecule has 5 nitrogen and oxygen atoms in total. The predicted octanol–water partition coefficient (Wildman–Crippen LogP) is 3.97. The summed E-state index contributed by atoms with van der Waals surface area (Å²) in [6.07, 6.45) is 2.96. The SMILES string of the molecule is Cc1cccc(CSCCNC(=O)/C=C/c2cccc([N+](=O)[O-])c2)c1. The van der Waals surface area contributed by atoms with Crippen LogP contribution in [-0.4, -0.2) is 23.1 Å². The second-order valence-corrected chi connectivity index (χ2v) is 6.62. The molecule has 0 aromatic heterocycles. The number of nitro benzene ring substituents is 1. The van der Waals surface area contributed by atoms with Crippen molar-refractivity contribution in [3.63, 3.8) is 0 Å². The largest absolute Gasteiger partial charge is 0.352 e. The molecule has 0 aliphatic rings. The number of carbonyl (C=O) groups is 1. The van der Waals surface area contributed by atoms with Crippen LogP contribution in [0.15, 0.2) is 54.6 Å². The molecule has 0 heterocycles. The van der Waals surface area contributed by atoms with E-state index in [0.717, 1.165) is 11.5 Å². The zero-order valence-corrected chi connectivity index (χ0v) is 14.8. The van der Waals surface area contributed by atoms with Crippen molar-refractivity contribution >= 4 is 29.4 Å². The molecule has 0 aliphatic carbocycles. The molecule has 1 N–H and O–H groups in total. The summed E-state index contributed by atoms with van der Waals surface area (Å²) in [4.78, 5) is 22.0. The third-order valence-electron chi connectivity index (χ3n) is 3.41. The van der Waals surface area contributed by atoms with E-state index in [4.69, 9.17) is 0 Å². The van der Waals surface area contributed by atoms with Crippen LogP contribution in [0.2, 0.25) is 0 Å². The molecule has 2 aromatic carbocycles. The van der Waals surface area contributed by atoms with Crippen molar-refractivity contribution in [2.24, 2.45) is 0 Å². The van der Waals surface area contributed by atoms with Gasteiger partial charge in [0.15, 0.2) is 0 Å². The Morgan fingerprint density at radius 2 is 2.04 bits per heavy atom. The number of hydrogen-bond acceptors (Lipinski definition) is 4. The molecular formula is C19H20N2O3S. The zero-order chi connectivity index (χ0) is 18.1. The molecule has 0 spiro atoms. The quantitative estimate of drug-likeness (QED) is 0.336. The molecule has 2 rings (SSSR count). The van der Waals surface area contributed by atoms with Gasteiger partial charge in [-0.15, -0.1) is 0 Å². The Bertz CT molecular complexity index is 775. The van der Waals surface area contributed by atoms with Gasteiger partial charge in [0.05, 0.1) is 4.92 Å². The van der Waals surface area contributed by atoms with Crippen LogP contribution in [0, 0.1) is 17.0 Å². The number of thioether (sulfide) groups is 1. The van der Waals surface area contributed by atoms with Crippen molar-refractivity contribution in [1.82, 2.24) is 5.32 Å². The van der Waals surface area contributed by atoms with Crippen LogP contribution in [-0.2, 0) is 10.5 Å². The van der Waals surface area contributed by atoms with Crippen molar-refractivity contribution in [3.05, 3.63) is 81.4 Å². The standard InChI is InChI=1S/C19H20N2O3S/c1-15-4-2-6-17(12-15)14-25-11-10-20-19(22)9-8-16-5-3-7-18(13-16)21(23)24/h2-9,12-13H,10-11,14H2,1H3,(H,20,22)/b9-8+. The number of nitro groups is 1. The maximum absolute atomic E-state index is 11.8. The normalized spacial score (nSPS) is 10.8. The van der Waals surface area contributed by atoms with E-state index in [2.05, 4.69) is 30.4 Å². The Hall–Kier alpha value is -2.60. The Balaban J connectivity index is 1.70. The Morgan fingerprint density at radius 1 is 1.24 bits per heavy atom. The first-order valence-corrected chi connectivity index (χ1v) is 9.04. The zero-order valence-electron chi connectivity index (χ0n) is 14.0. The Morgan fingerprint density at radius 3 is 2.80 bits per heavy atom. The summed E-state index contributed by atoms with van der Waals surface area (Å²) in [5.41, 5.74) is 3.16. The van der Waals surface area contributed by atoms with Crippen LogP contribution >= 0.6 is 11.8 Å². The number of carbonyl (C=O) groups excluding carboxylic acids is 1. The lowest BCUT2D eigenvalue weighted by Crippen LogP contribution is -2.23. The van der Waals surface area contributed by atoms with Gasteiger partial charge in [-0.2, -0.15) is 11.8 Å². The lowest BCUT2D eigenvalue weighted by Gasteiger charge is -2.04. The van der Waals surface area contributed by atoms with Crippen LogP contribution in [0.4, 0.5) is 5.69 Å². The summed E-state index contributed by atoms with van der Waals surface area (Å²) in [5, 5.41) is 13.5. The smallest absolute Gasteiger partial charge is 0.270 e. The molecule has 0 fully saturated rings. The van der Waals surface area contributed by atoms with E-state index < -0.39 is 4.92 Å². The molecule has 25 heavy (non-hydrogen) atoms. The van der Waals surface area contributed by atoms with Crippen LogP contribution in [0.1, 0.15) is 16.7 Å². The first kappa shape index (κ1) is 18.7. The van der Waals surface area contributed by atoms with Crippen LogP contribution in [0.3, 0.4) is 0 Å². The number of nitrogens with one attached hydrogen (secondary N) is 1. The maximum atomic E-state index is 11.8. The highest BCUT2D eigenvalue weighted by Crippen LogP contribution is 2.14. The van der Waals surface area contributed by atoms with Crippen molar-refractivity contribution in [1.29, 1.82) is 0 Å². The van der Waals surface area contributed by atoms with Gasteiger partial charge in [-0.25, -0.2) is 0 Å². The maximum Gasteiger partial charge on any atom is 0.270 e. The van der Waals surface area contributed by atoms with Crippen molar-refractivity contribution in [2.45, 2.75) is 12.7 Å². The van der Waals surface area contributed by atoms with E-state index in [1.54, 1.807) is 30.0 Å². The molecule has 0 bridgehead atoms. The monoisotopic (exact) mass is 356 g/mol. The highest BCUT2D eigenvalue weighted by atomic mass is 32.2. The average Bonchev–Trinajstić information content (AvgIpc) is 2.60. The molecule has 0 unspecified atom stereocenters. The first-order valence-electron chi connectivity index (χ1n) is 7.88.